The molecule has 3 rings (SSSR count). The number of nitrogens with one attached hydrogen (secondary N) is 1. The Labute approximate surface area is 167 Å². The maximum atomic E-state index is 12.1. The van der Waals surface area contributed by atoms with Gasteiger partial charge in [0.25, 0.3) is 11.6 Å². The molecular formula is C22H19N3O4. The van der Waals surface area contributed by atoms with Crippen LogP contribution in [0.2, 0.25) is 0 Å². The molecule has 3 aromatic rings. The van der Waals surface area contributed by atoms with Gasteiger partial charge in [0.1, 0.15) is 5.75 Å². The monoisotopic (exact) mass is 389 g/mol. The number of rotatable bonds is 7. The van der Waals surface area contributed by atoms with Crippen LogP contribution in [0.4, 0.5) is 5.69 Å². The number of para-hydroxylation sites is 1. The zero-order chi connectivity index (χ0) is 20.6. The van der Waals surface area contributed by atoms with Crippen molar-refractivity contribution >= 4 is 17.3 Å². The molecule has 146 valence electrons. The van der Waals surface area contributed by atoms with E-state index < -0.39 is 10.8 Å². The molecule has 3 aromatic carbocycles. The largest absolute Gasteiger partial charge is 0.483 e. The number of hydrogen-bond donors (Lipinski definition) is 1. The molecule has 7 nitrogen and oxygen atoms in total. The molecule has 0 aromatic heterocycles. The van der Waals surface area contributed by atoms with E-state index in [-0.39, 0.29) is 12.3 Å². The fourth-order valence-corrected chi connectivity index (χ4v) is 2.68. The van der Waals surface area contributed by atoms with Crippen molar-refractivity contribution in [1.29, 1.82) is 0 Å². The number of benzene rings is 3. The van der Waals surface area contributed by atoms with Gasteiger partial charge in [-0.2, -0.15) is 5.10 Å². The van der Waals surface area contributed by atoms with Crippen LogP contribution in [0.3, 0.4) is 0 Å². The number of carbonyl (C=O) groups is 1. The Morgan fingerprint density at radius 1 is 1.03 bits per heavy atom. The van der Waals surface area contributed by atoms with Crippen LogP contribution in [0.25, 0.3) is 11.1 Å². The number of nitro benzene ring substituents is 1. The Hall–Kier alpha value is -4.00. The van der Waals surface area contributed by atoms with E-state index >= 15 is 0 Å². The first kappa shape index (κ1) is 19.8. The summed E-state index contributed by atoms with van der Waals surface area (Å²) in [6, 6.07) is 23.3. The second kappa shape index (κ2) is 9.27. The lowest BCUT2D eigenvalue weighted by Crippen LogP contribution is -2.25. The molecule has 0 saturated carbocycles. The minimum atomic E-state index is -0.479. The molecule has 0 heterocycles. The zero-order valence-electron chi connectivity index (χ0n) is 15.7. The summed E-state index contributed by atoms with van der Waals surface area (Å²) >= 11 is 0. The van der Waals surface area contributed by atoms with Crippen molar-refractivity contribution in [3.8, 4) is 16.9 Å². The van der Waals surface area contributed by atoms with Crippen molar-refractivity contribution in [2.45, 2.75) is 6.92 Å². The van der Waals surface area contributed by atoms with E-state index in [0.717, 1.165) is 11.1 Å². The summed E-state index contributed by atoms with van der Waals surface area (Å²) < 4.78 is 5.67. The quantitative estimate of drug-likeness (QED) is 0.373. The van der Waals surface area contributed by atoms with Crippen LogP contribution in [-0.2, 0) is 4.79 Å². The van der Waals surface area contributed by atoms with Crippen LogP contribution in [-0.4, -0.2) is 23.1 Å². The Morgan fingerprint density at radius 2 is 1.76 bits per heavy atom. The van der Waals surface area contributed by atoms with Gasteiger partial charge in [-0.1, -0.05) is 60.7 Å². The van der Waals surface area contributed by atoms with E-state index in [1.165, 1.54) is 12.1 Å². The average Bonchev–Trinajstić information content (AvgIpc) is 2.77. The van der Waals surface area contributed by atoms with E-state index in [1.54, 1.807) is 25.1 Å². The molecule has 0 unspecified atom stereocenters. The van der Waals surface area contributed by atoms with Crippen LogP contribution in [0.15, 0.2) is 84.0 Å². The van der Waals surface area contributed by atoms with Gasteiger partial charge in [0.15, 0.2) is 6.61 Å². The number of carbonyl (C=O) groups excluding carboxylic acids is 1. The fourth-order valence-electron chi connectivity index (χ4n) is 2.68. The van der Waals surface area contributed by atoms with E-state index in [9.17, 15) is 14.9 Å². The molecule has 0 fully saturated rings. The van der Waals surface area contributed by atoms with Crippen molar-refractivity contribution in [1.82, 2.24) is 5.43 Å². The van der Waals surface area contributed by atoms with E-state index in [0.29, 0.717) is 17.0 Å². The van der Waals surface area contributed by atoms with E-state index in [1.807, 2.05) is 48.5 Å². The number of nitrogens with zero attached hydrogens (tertiary/aromatic N) is 2. The van der Waals surface area contributed by atoms with Crippen molar-refractivity contribution in [2.75, 3.05) is 6.61 Å². The molecule has 0 aliphatic heterocycles. The van der Waals surface area contributed by atoms with Gasteiger partial charge in [0.2, 0.25) is 0 Å². The smallest absolute Gasteiger partial charge is 0.277 e. The molecule has 29 heavy (non-hydrogen) atoms. The normalized spacial score (nSPS) is 11.0. The first-order chi connectivity index (χ1) is 14.0. The van der Waals surface area contributed by atoms with Crippen molar-refractivity contribution in [2.24, 2.45) is 5.10 Å². The predicted octanol–water partition coefficient (Wildman–Crippen LogP) is 4.18. The molecule has 7 heteroatoms. The topological polar surface area (TPSA) is 93.8 Å². The fraction of sp³-hybridized carbons (Fsp3) is 0.0909. The predicted molar refractivity (Wildman–Crippen MR) is 111 cm³/mol. The maximum absolute atomic E-state index is 12.1. The molecule has 0 spiro atoms. The summed E-state index contributed by atoms with van der Waals surface area (Å²) in [5.41, 5.74) is 5.25. The number of non-ortho nitro benzene ring substituents is 1. The number of ether oxygens (including phenoxy) is 1. The van der Waals surface area contributed by atoms with E-state index in [2.05, 4.69) is 10.5 Å². The molecule has 0 aliphatic carbocycles. The highest BCUT2D eigenvalue weighted by atomic mass is 16.6. The summed E-state index contributed by atoms with van der Waals surface area (Å²) in [6.07, 6.45) is 0. The Bertz CT molecular complexity index is 1050. The molecule has 0 bridgehead atoms. The summed E-state index contributed by atoms with van der Waals surface area (Å²) in [5.74, 6) is 0.158. The highest BCUT2D eigenvalue weighted by Crippen LogP contribution is 2.29. The van der Waals surface area contributed by atoms with Gasteiger partial charge in [0, 0.05) is 23.3 Å². The third-order valence-corrected chi connectivity index (χ3v) is 4.15. The third kappa shape index (κ3) is 5.26. The third-order valence-electron chi connectivity index (χ3n) is 4.15. The second-order valence-corrected chi connectivity index (χ2v) is 6.19. The summed E-state index contributed by atoms with van der Waals surface area (Å²) in [5, 5.41) is 14.9. The highest BCUT2D eigenvalue weighted by Gasteiger charge is 2.10. The molecule has 0 aliphatic rings. The Morgan fingerprint density at radius 3 is 2.52 bits per heavy atom. The summed E-state index contributed by atoms with van der Waals surface area (Å²) in [6.45, 7) is 1.44. The number of hydrogen-bond acceptors (Lipinski definition) is 5. The molecule has 1 N–H and O–H groups in total. The lowest BCUT2D eigenvalue weighted by atomic mass is 10.1. The lowest BCUT2D eigenvalue weighted by molar-refractivity contribution is -0.384. The molecule has 1 amide bonds. The van der Waals surface area contributed by atoms with Crippen molar-refractivity contribution in [3.63, 3.8) is 0 Å². The first-order valence-electron chi connectivity index (χ1n) is 8.90. The van der Waals surface area contributed by atoms with Gasteiger partial charge in [-0.3, -0.25) is 14.9 Å². The van der Waals surface area contributed by atoms with Gasteiger partial charge in [-0.25, -0.2) is 5.43 Å². The number of nitro groups is 1. The minimum Gasteiger partial charge on any atom is -0.483 e. The maximum Gasteiger partial charge on any atom is 0.277 e. The van der Waals surface area contributed by atoms with Crippen LogP contribution in [0.1, 0.15) is 12.5 Å². The van der Waals surface area contributed by atoms with Gasteiger partial charge in [-0.15, -0.1) is 0 Å². The van der Waals surface area contributed by atoms with Crippen molar-refractivity contribution < 1.29 is 14.5 Å². The van der Waals surface area contributed by atoms with Crippen LogP contribution in [0, 0.1) is 10.1 Å². The second-order valence-electron chi connectivity index (χ2n) is 6.19. The first-order valence-corrected chi connectivity index (χ1v) is 8.90. The molecule has 0 atom stereocenters. The van der Waals surface area contributed by atoms with Crippen LogP contribution >= 0.6 is 0 Å². The SMILES string of the molecule is C/C(=N/NC(=O)COc1ccccc1-c1ccccc1)c1cccc([N+](=O)[O-])c1. The van der Waals surface area contributed by atoms with Gasteiger partial charge < -0.3 is 4.74 Å². The van der Waals surface area contributed by atoms with Gasteiger partial charge in [0.05, 0.1) is 10.6 Å². The minimum absolute atomic E-state index is 0.0378. The van der Waals surface area contributed by atoms with Crippen LogP contribution < -0.4 is 10.2 Å². The van der Waals surface area contributed by atoms with Gasteiger partial charge >= 0.3 is 0 Å². The Balaban J connectivity index is 1.63. The van der Waals surface area contributed by atoms with Crippen LogP contribution in [0.5, 0.6) is 5.75 Å². The molecule has 0 saturated heterocycles. The molecule has 0 radical (unpaired) electrons. The summed E-state index contributed by atoms with van der Waals surface area (Å²) in [4.78, 5) is 22.5. The molecular weight excluding hydrogens is 370 g/mol. The zero-order valence-corrected chi connectivity index (χ0v) is 15.7. The summed E-state index contributed by atoms with van der Waals surface area (Å²) in [7, 11) is 0. The van der Waals surface area contributed by atoms with Crippen molar-refractivity contribution in [3.05, 3.63) is 94.5 Å². The lowest BCUT2D eigenvalue weighted by Gasteiger charge is -2.11. The standard InChI is InChI=1S/C22H19N3O4/c1-16(18-10-7-11-19(14-18)25(27)28)23-24-22(26)15-29-21-13-6-5-12-20(21)17-8-3-2-4-9-17/h2-14H,15H2,1H3,(H,24,26)/b23-16-. The average molecular weight is 389 g/mol. The van der Waals surface area contributed by atoms with Gasteiger partial charge in [-0.05, 0) is 18.6 Å². The Kier molecular flexibility index (Phi) is 6.32. The number of hydrazone groups is 1. The van der Waals surface area contributed by atoms with E-state index in [4.69, 9.17) is 4.74 Å². The highest BCUT2D eigenvalue weighted by molar-refractivity contribution is 5.99. The number of amides is 1.